The molecule has 0 spiro atoms. The van der Waals surface area contributed by atoms with Crippen molar-refractivity contribution in [3.63, 3.8) is 0 Å². The van der Waals surface area contributed by atoms with Gasteiger partial charge in [0, 0.05) is 29.1 Å². The molecule has 0 bridgehead atoms. The second kappa shape index (κ2) is 5.33. The molecule has 1 aliphatic rings. The molecule has 1 aromatic heterocycles. The highest BCUT2D eigenvalue weighted by atomic mass is 16.1. The fourth-order valence-electron chi connectivity index (χ4n) is 2.38. The molecule has 0 aromatic carbocycles. The van der Waals surface area contributed by atoms with Crippen LogP contribution < -0.4 is 11.1 Å². The maximum atomic E-state index is 12.1. The van der Waals surface area contributed by atoms with Gasteiger partial charge in [0.2, 0.25) is 5.91 Å². The third-order valence-electron chi connectivity index (χ3n) is 3.78. The summed E-state index contributed by atoms with van der Waals surface area (Å²) in [5.41, 5.74) is 6.88. The van der Waals surface area contributed by atoms with Crippen molar-refractivity contribution in [2.75, 3.05) is 5.32 Å². The van der Waals surface area contributed by atoms with E-state index >= 15 is 0 Å². The van der Waals surface area contributed by atoms with Crippen molar-refractivity contribution in [2.45, 2.75) is 57.9 Å². The highest BCUT2D eigenvalue weighted by Gasteiger charge is 2.25. The zero-order valence-corrected chi connectivity index (χ0v) is 12.0. The molecule has 1 heterocycles. The summed E-state index contributed by atoms with van der Waals surface area (Å²) in [6, 6.07) is 2.17. The minimum absolute atomic E-state index is 0.00753. The molecule has 0 atom stereocenters. The fraction of sp³-hybridized carbons (Fsp3) is 0.714. The number of nitrogens with zero attached hydrogens (tertiary/aromatic N) is 1. The first kappa shape index (κ1) is 14.1. The van der Waals surface area contributed by atoms with Crippen LogP contribution in [0.5, 0.6) is 0 Å². The Hall–Kier alpha value is -1.36. The van der Waals surface area contributed by atoms with Crippen LogP contribution in [0.15, 0.2) is 6.07 Å². The maximum Gasteiger partial charge on any atom is 0.228 e. The third kappa shape index (κ3) is 3.56. The van der Waals surface area contributed by atoms with E-state index in [0.717, 1.165) is 31.4 Å². The zero-order chi connectivity index (χ0) is 14.0. The normalized spacial score (nSPS) is 24.2. The van der Waals surface area contributed by atoms with Crippen LogP contribution in [0.4, 0.5) is 5.82 Å². The minimum Gasteiger partial charge on any atom is -0.328 e. The SMILES string of the molecule is CC(C)(C)c1cc(NC(=O)C2CCC(N)CC2)n[nH]1. The van der Waals surface area contributed by atoms with Gasteiger partial charge in [-0.2, -0.15) is 5.10 Å². The minimum atomic E-state index is 0.00753. The van der Waals surface area contributed by atoms with Crippen molar-refractivity contribution in [3.05, 3.63) is 11.8 Å². The van der Waals surface area contributed by atoms with Gasteiger partial charge in [-0.25, -0.2) is 0 Å². The molecule has 1 amide bonds. The molecule has 0 aliphatic heterocycles. The molecule has 5 heteroatoms. The number of hydrogen-bond donors (Lipinski definition) is 3. The number of carbonyl (C=O) groups is 1. The van der Waals surface area contributed by atoms with E-state index in [1.54, 1.807) is 0 Å². The monoisotopic (exact) mass is 264 g/mol. The highest BCUT2D eigenvalue weighted by molar-refractivity contribution is 5.91. The average Bonchev–Trinajstić information content (AvgIpc) is 2.78. The second-order valence-electron chi connectivity index (χ2n) is 6.52. The van der Waals surface area contributed by atoms with Crippen LogP contribution >= 0.6 is 0 Å². The van der Waals surface area contributed by atoms with Crippen molar-refractivity contribution in [3.8, 4) is 0 Å². The molecule has 1 aromatic rings. The molecule has 5 nitrogen and oxygen atoms in total. The topological polar surface area (TPSA) is 83.8 Å². The van der Waals surface area contributed by atoms with Crippen LogP contribution in [0.1, 0.15) is 52.1 Å². The summed E-state index contributed by atoms with van der Waals surface area (Å²) in [6.07, 6.45) is 3.63. The first-order valence-electron chi connectivity index (χ1n) is 6.98. The van der Waals surface area contributed by atoms with E-state index in [1.807, 2.05) is 6.07 Å². The predicted octanol–water partition coefficient (Wildman–Crippen LogP) is 2.16. The van der Waals surface area contributed by atoms with E-state index in [1.165, 1.54) is 0 Å². The Morgan fingerprint density at radius 1 is 1.37 bits per heavy atom. The van der Waals surface area contributed by atoms with Gasteiger partial charge in [-0.1, -0.05) is 20.8 Å². The first-order valence-corrected chi connectivity index (χ1v) is 6.98. The van der Waals surface area contributed by atoms with Gasteiger partial charge in [-0.3, -0.25) is 9.89 Å². The standard InChI is InChI=1S/C14H24N4O/c1-14(2,3)11-8-12(18-17-11)16-13(19)9-4-6-10(15)7-5-9/h8-10H,4-7,15H2,1-3H3,(H2,16,17,18,19). The summed E-state index contributed by atoms with van der Waals surface area (Å²) in [6.45, 7) is 6.32. The average molecular weight is 264 g/mol. The summed E-state index contributed by atoms with van der Waals surface area (Å²) in [5.74, 6) is 0.762. The molecule has 2 rings (SSSR count). The van der Waals surface area contributed by atoms with Crippen LogP contribution in [0.2, 0.25) is 0 Å². The number of nitrogens with two attached hydrogens (primary N) is 1. The van der Waals surface area contributed by atoms with Gasteiger partial charge in [0.25, 0.3) is 0 Å². The molecule has 0 unspecified atom stereocenters. The van der Waals surface area contributed by atoms with E-state index in [2.05, 4.69) is 36.3 Å². The molecule has 4 N–H and O–H groups in total. The van der Waals surface area contributed by atoms with Crippen LogP contribution in [0, 0.1) is 5.92 Å². The molecular formula is C14H24N4O. The smallest absolute Gasteiger partial charge is 0.228 e. The fourth-order valence-corrected chi connectivity index (χ4v) is 2.38. The lowest BCUT2D eigenvalue weighted by molar-refractivity contribution is -0.120. The van der Waals surface area contributed by atoms with E-state index in [0.29, 0.717) is 5.82 Å². The summed E-state index contributed by atoms with van der Waals surface area (Å²) < 4.78 is 0. The van der Waals surface area contributed by atoms with Crippen LogP contribution in [0.3, 0.4) is 0 Å². The second-order valence-corrected chi connectivity index (χ2v) is 6.52. The van der Waals surface area contributed by atoms with Gasteiger partial charge in [0.15, 0.2) is 5.82 Å². The zero-order valence-electron chi connectivity index (χ0n) is 12.0. The van der Waals surface area contributed by atoms with Crippen molar-refractivity contribution in [1.82, 2.24) is 10.2 Å². The number of carbonyl (C=O) groups excluding carboxylic acids is 1. The van der Waals surface area contributed by atoms with Crippen molar-refractivity contribution >= 4 is 11.7 Å². The van der Waals surface area contributed by atoms with E-state index < -0.39 is 0 Å². The number of nitrogens with one attached hydrogen (secondary N) is 2. The summed E-state index contributed by atoms with van der Waals surface area (Å²) in [7, 11) is 0. The Morgan fingerprint density at radius 3 is 2.53 bits per heavy atom. The van der Waals surface area contributed by atoms with Gasteiger partial charge in [-0.05, 0) is 25.7 Å². The lowest BCUT2D eigenvalue weighted by Gasteiger charge is -2.24. The summed E-state index contributed by atoms with van der Waals surface area (Å²) >= 11 is 0. The highest BCUT2D eigenvalue weighted by Crippen LogP contribution is 2.25. The van der Waals surface area contributed by atoms with Gasteiger partial charge in [0.05, 0.1) is 0 Å². The largest absolute Gasteiger partial charge is 0.328 e. The molecule has 19 heavy (non-hydrogen) atoms. The number of hydrogen-bond acceptors (Lipinski definition) is 3. The maximum absolute atomic E-state index is 12.1. The number of amides is 1. The Labute approximate surface area is 114 Å². The molecule has 1 aliphatic carbocycles. The number of rotatable bonds is 2. The number of anilines is 1. The molecule has 106 valence electrons. The molecule has 0 saturated heterocycles. The van der Waals surface area contributed by atoms with Crippen molar-refractivity contribution in [1.29, 1.82) is 0 Å². The van der Waals surface area contributed by atoms with Crippen molar-refractivity contribution < 1.29 is 4.79 Å². The van der Waals surface area contributed by atoms with Crippen LogP contribution in [-0.2, 0) is 10.2 Å². The van der Waals surface area contributed by atoms with Gasteiger partial charge in [0.1, 0.15) is 0 Å². The quantitative estimate of drug-likeness (QED) is 0.765. The molecule has 0 radical (unpaired) electrons. The molecule has 1 fully saturated rings. The van der Waals surface area contributed by atoms with Gasteiger partial charge in [-0.15, -0.1) is 0 Å². The van der Waals surface area contributed by atoms with E-state index in [9.17, 15) is 4.79 Å². The molecule has 1 saturated carbocycles. The van der Waals surface area contributed by atoms with Gasteiger partial charge >= 0.3 is 0 Å². The Bertz CT molecular complexity index is 439. The Kier molecular flexibility index (Phi) is 3.94. The number of aromatic amines is 1. The van der Waals surface area contributed by atoms with Crippen LogP contribution in [0.25, 0.3) is 0 Å². The number of H-pyrrole nitrogens is 1. The third-order valence-corrected chi connectivity index (χ3v) is 3.78. The summed E-state index contributed by atoms with van der Waals surface area (Å²) in [4.78, 5) is 12.1. The lowest BCUT2D eigenvalue weighted by Crippen LogP contribution is -2.32. The number of aromatic nitrogens is 2. The lowest BCUT2D eigenvalue weighted by atomic mass is 9.86. The van der Waals surface area contributed by atoms with E-state index in [4.69, 9.17) is 5.73 Å². The van der Waals surface area contributed by atoms with Gasteiger partial charge < -0.3 is 11.1 Å². The predicted molar refractivity (Wildman–Crippen MR) is 75.9 cm³/mol. The summed E-state index contributed by atoms with van der Waals surface area (Å²) in [5, 5.41) is 10.0. The Morgan fingerprint density at radius 2 is 2.00 bits per heavy atom. The van der Waals surface area contributed by atoms with E-state index in [-0.39, 0.29) is 23.3 Å². The first-order chi connectivity index (χ1) is 8.86. The Balaban J connectivity index is 1.94. The molecular weight excluding hydrogens is 240 g/mol. The van der Waals surface area contributed by atoms with Crippen LogP contribution in [-0.4, -0.2) is 22.1 Å². The van der Waals surface area contributed by atoms with Crippen molar-refractivity contribution in [2.24, 2.45) is 11.7 Å².